The number of benzene rings is 2. The average Bonchev–Trinajstić information content (AvgIpc) is 2.65. The van der Waals surface area contributed by atoms with Crippen LogP contribution in [0, 0.1) is 17.0 Å². The van der Waals surface area contributed by atoms with Gasteiger partial charge in [0.15, 0.2) is 5.78 Å². The van der Waals surface area contributed by atoms with E-state index in [2.05, 4.69) is 9.97 Å². The molecule has 3 aromatic rings. The molecule has 0 fully saturated rings. The molecule has 1 aromatic heterocycles. The van der Waals surface area contributed by atoms with E-state index in [-0.39, 0.29) is 28.2 Å². The van der Waals surface area contributed by atoms with Crippen molar-refractivity contribution >= 4 is 23.1 Å². The van der Waals surface area contributed by atoms with Crippen molar-refractivity contribution in [1.29, 1.82) is 0 Å². The van der Waals surface area contributed by atoms with Crippen LogP contribution in [-0.2, 0) is 0 Å². The molecule has 0 bridgehead atoms. The number of nitro groups is 1. The van der Waals surface area contributed by atoms with E-state index in [1.54, 1.807) is 13.0 Å². The van der Waals surface area contributed by atoms with Crippen molar-refractivity contribution in [1.82, 2.24) is 9.97 Å². The summed E-state index contributed by atoms with van der Waals surface area (Å²) in [7, 11) is 0. The molecule has 0 aliphatic heterocycles. The Bertz CT molecular complexity index is 1080. The van der Waals surface area contributed by atoms with Gasteiger partial charge in [-0.05, 0) is 30.7 Å². The maximum Gasteiger partial charge on any atom is 0.269 e. The van der Waals surface area contributed by atoms with Crippen LogP contribution in [0.4, 0.5) is 5.69 Å². The van der Waals surface area contributed by atoms with E-state index in [1.165, 1.54) is 30.3 Å². The molecular formula is C20H15N3O4. The van der Waals surface area contributed by atoms with Gasteiger partial charge in [0.05, 0.1) is 10.5 Å². The van der Waals surface area contributed by atoms with Crippen molar-refractivity contribution in [3.8, 4) is 0 Å². The molecule has 1 N–H and O–H groups in total. The number of carbonyl (C=O) groups excluding carboxylic acids is 1. The summed E-state index contributed by atoms with van der Waals surface area (Å²) in [5.41, 5.74) is 1.20. The number of non-ortho nitro benzene ring substituents is 1. The minimum Gasteiger partial charge on any atom is -0.306 e. The Balaban J connectivity index is 2.11. The van der Waals surface area contributed by atoms with Gasteiger partial charge in [0.25, 0.3) is 11.2 Å². The smallest absolute Gasteiger partial charge is 0.269 e. The number of hydrogen-bond acceptors (Lipinski definition) is 5. The van der Waals surface area contributed by atoms with Gasteiger partial charge < -0.3 is 4.98 Å². The third-order valence-corrected chi connectivity index (χ3v) is 3.82. The number of aryl methyl sites for hydroxylation is 1. The van der Waals surface area contributed by atoms with Gasteiger partial charge in [0, 0.05) is 29.5 Å². The summed E-state index contributed by atoms with van der Waals surface area (Å²) in [6, 6.07) is 15.8. The first kappa shape index (κ1) is 17.9. The summed E-state index contributed by atoms with van der Waals surface area (Å²) in [5.74, 6) is -0.255. The van der Waals surface area contributed by atoms with Crippen LogP contribution in [0.2, 0.25) is 0 Å². The Morgan fingerprint density at radius 3 is 2.37 bits per heavy atom. The van der Waals surface area contributed by atoms with Gasteiger partial charge in [-0.2, -0.15) is 0 Å². The number of carbonyl (C=O) groups is 1. The van der Waals surface area contributed by atoms with Gasteiger partial charge >= 0.3 is 0 Å². The zero-order chi connectivity index (χ0) is 19.4. The van der Waals surface area contributed by atoms with Crippen LogP contribution in [0.25, 0.3) is 11.6 Å². The standard InChI is InChI=1S/C20H15N3O4/c1-13-11-18(24)22-20(21-13)17(12-14-5-3-2-4-6-14)19(25)15-7-9-16(10-8-15)23(26)27/h2-12H,1H3,(H,21,22,24). The van der Waals surface area contributed by atoms with Crippen molar-refractivity contribution in [2.45, 2.75) is 6.92 Å². The molecule has 0 amide bonds. The number of allylic oxidation sites excluding steroid dienone is 1. The molecule has 0 aliphatic rings. The van der Waals surface area contributed by atoms with E-state index in [4.69, 9.17) is 0 Å². The highest BCUT2D eigenvalue weighted by molar-refractivity contribution is 6.31. The molecule has 0 aliphatic carbocycles. The quantitative estimate of drug-likeness (QED) is 0.324. The SMILES string of the molecule is Cc1cc(=O)[nH]c(C(=Cc2ccccc2)C(=O)c2ccc([N+](=O)[O-])cc2)n1. The number of ketones is 1. The summed E-state index contributed by atoms with van der Waals surface area (Å²) >= 11 is 0. The molecule has 0 unspecified atom stereocenters. The Labute approximate surface area is 154 Å². The molecule has 0 radical (unpaired) electrons. The molecule has 0 spiro atoms. The lowest BCUT2D eigenvalue weighted by atomic mass is 10.00. The molecular weight excluding hydrogens is 346 g/mol. The van der Waals surface area contributed by atoms with Gasteiger partial charge in [-0.15, -0.1) is 0 Å². The van der Waals surface area contributed by atoms with Crippen LogP contribution in [0.3, 0.4) is 0 Å². The van der Waals surface area contributed by atoms with E-state index in [1.807, 2.05) is 30.3 Å². The lowest BCUT2D eigenvalue weighted by molar-refractivity contribution is -0.384. The first-order valence-electron chi connectivity index (χ1n) is 8.08. The minimum absolute atomic E-state index is 0.109. The third kappa shape index (κ3) is 4.21. The third-order valence-electron chi connectivity index (χ3n) is 3.82. The van der Waals surface area contributed by atoms with E-state index < -0.39 is 10.7 Å². The number of nitro benzene ring substituents is 1. The second-order valence-electron chi connectivity index (χ2n) is 5.84. The topological polar surface area (TPSA) is 106 Å². The van der Waals surface area contributed by atoms with Crippen LogP contribution in [0.1, 0.15) is 27.4 Å². The number of rotatable bonds is 5. The zero-order valence-electron chi connectivity index (χ0n) is 14.4. The second-order valence-corrected chi connectivity index (χ2v) is 5.84. The maximum absolute atomic E-state index is 13.1. The van der Waals surface area contributed by atoms with Crippen LogP contribution in [-0.4, -0.2) is 20.7 Å². The van der Waals surface area contributed by atoms with Crippen molar-refractivity contribution in [2.75, 3.05) is 0 Å². The minimum atomic E-state index is -0.533. The van der Waals surface area contributed by atoms with E-state index in [9.17, 15) is 19.7 Å². The molecule has 0 saturated heterocycles. The number of nitrogens with zero attached hydrogens (tertiary/aromatic N) is 2. The number of H-pyrrole nitrogens is 1. The van der Waals surface area contributed by atoms with Gasteiger partial charge in [0.1, 0.15) is 5.82 Å². The molecule has 1 heterocycles. The number of Topliss-reactive ketones (excluding diaryl/α,β-unsaturated/α-hetero) is 1. The Morgan fingerprint density at radius 2 is 1.78 bits per heavy atom. The Kier molecular flexibility index (Phi) is 5.03. The molecule has 2 aromatic carbocycles. The van der Waals surface area contributed by atoms with Crippen LogP contribution < -0.4 is 5.56 Å². The fraction of sp³-hybridized carbons (Fsp3) is 0.0500. The fourth-order valence-electron chi connectivity index (χ4n) is 2.55. The van der Waals surface area contributed by atoms with Crippen molar-refractivity contribution in [2.24, 2.45) is 0 Å². The second kappa shape index (κ2) is 7.57. The monoisotopic (exact) mass is 361 g/mol. The number of aromatic nitrogens is 2. The van der Waals surface area contributed by atoms with Crippen molar-refractivity contribution < 1.29 is 9.72 Å². The zero-order valence-corrected chi connectivity index (χ0v) is 14.4. The lowest BCUT2D eigenvalue weighted by Crippen LogP contribution is -2.14. The van der Waals surface area contributed by atoms with Gasteiger partial charge in [0.2, 0.25) is 0 Å². The van der Waals surface area contributed by atoms with Crippen molar-refractivity contribution in [3.63, 3.8) is 0 Å². The summed E-state index contributed by atoms with van der Waals surface area (Å²) in [5, 5.41) is 10.8. The van der Waals surface area contributed by atoms with Gasteiger partial charge in [-0.3, -0.25) is 19.7 Å². The average molecular weight is 361 g/mol. The van der Waals surface area contributed by atoms with Crippen molar-refractivity contribution in [3.05, 3.63) is 104 Å². The van der Waals surface area contributed by atoms with Gasteiger partial charge in [-0.1, -0.05) is 30.3 Å². The Morgan fingerprint density at radius 1 is 1.11 bits per heavy atom. The summed E-state index contributed by atoms with van der Waals surface area (Å²) in [4.78, 5) is 42.0. The first-order valence-corrected chi connectivity index (χ1v) is 8.08. The largest absolute Gasteiger partial charge is 0.306 e. The molecule has 0 saturated carbocycles. The predicted molar refractivity (Wildman–Crippen MR) is 101 cm³/mol. The van der Waals surface area contributed by atoms with E-state index in [0.29, 0.717) is 5.69 Å². The summed E-state index contributed by atoms with van der Waals surface area (Å²) in [6.45, 7) is 1.66. The lowest BCUT2D eigenvalue weighted by Gasteiger charge is -2.08. The van der Waals surface area contributed by atoms with Crippen LogP contribution in [0.5, 0.6) is 0 Å². The molecule has 3 rings (SSSR count). The first-order chi connectivity index (χ1) is 12.9. The molecule has 7 nitrogen and oxygen atoms in total. The van der Waals surface area contributed by atoms with E-state index in [0.717, 1.165) is 5.56 Å². The number of hydrogen-bond donors (Lipinski definition) is 1. The summed E-state index contributed by atoms with van der Waals surface area (Å²) < 4.78 is 0. The van der Waals surface area contributed by atoms with E-state index >= 15 is 0 Å². The molecule has 0 atom stereocenters. The predicted octanol–water partition coefficient (Wildman–Crippen LogP) is 3.41. The molecule has 134 valence electrons. The Hall–Kier alpha value is -3.87. The summed E-state index contributed by atoms with van der Waals surface area (Å²) in [6.07, 6.45) is 1.63. The normalized spacial score (nSPS) is 11.2. The fourth-order valence-corrected chi connectivity index (χ4v) is 2.55. The number of nitrogens with one attached hydrogen (secondary N) is 1. The highest BCUT2D eigenvalue weighted by Crippen LogP contribution is 2.22. The molecule has 27 heavy (non-hydrogen) atoms. The van der Waals surface area contributed by atoms with Crippen LogP contribution >= 0.6 is 0 Å². The molecule has 7 heteroatoms. The van der Waals surface area contributed by atoms with Gasteiger partial charge in [-0.25, -0.2) is 4.98 Å². The highest BCUT2D eigenvalue weighted by atomic mass is 16.6. The van der Waals surface area contributed by atoms with Crippen LogP contribution in [0.15, 0.2) is 65.5 Å². The highest BCUT2D eigenvalue weighted by Gasteiger charge is 2.18. The maximum atomic E-state index is 13.1. The number of aromatic amines is 1.